The molecule has 0 aliphatic rings. The topological polar surface area (TPSA) is 87.3 Å². The summed E-state index contributed by atoms with van der Waals surface area (Å²) in [5.41, 5.74) is 2.40. The van der Waals surface area contributed by atoms with Crippen LogP contribution in [0.1, 0.15) is 6.92 Å². The maximum atomic E-state index is 8.81. The fourth-order valence-electron chi connectivity index (χ4n) is 1.13. The molecule has 6 heteroatoms. The molecule has 0 radical (unpaired) electrons. The van der Waals surface area contributed by atoms with Gasteiger partial charge in [-0.05, 0) is 19.1 Å². The standard InChI is InChI=1S/C8H15N5O/c1-2-13(5-6-14)8-4-3-7(10-9)11-12-8/h3-4,14H,2,5-6,9H2,1H3,(H,10,11). The Morgan fingerprint density at radius 2 is 2.29 bits per heavy atom. The highest BCUT2D eigenvalue weighted by molar-refractivity contribution is 5.42. The van der Waals surface area contributed by atoms with Crippen molar-refractivity contribution < 1.29 is 5.11 Å². The van der Waals surface area contributed by atoms with Crippen LogP contribution in [0, 0.1) is 0 Å². The maximum absolute atomic E-state index is 8.81. The third kappa shape index (κ3) is 2.54. The lowest BCUT2D eigenvalue weighted by molar-refractivity contribution is 0.302. The lowest BCUT2D eigenvalue weighted by Gasteiger charge is -2.19. The molecule has 6 nitrogen and oxygen atoms in total. The lowest BCUT2D eigenvalue weighted by atomic mass is 10.4. The summed E-state index contributed by atoms with van der Waals surface area (Å²) in [6.07, 6.45) is 0. The number of hydrazine groups is 1. The molecule has 4 N–H and O–H groups in total. The Labute approximate surface area is 82.7 Å². The molecule has 0 bridgehead atoms. The summed E-state index contributed by atoms with van der Waals surface area (Å²) in [5, 5.41) is 16.6. The van der Waals surface area contributed by atoms with Gasteiger partial charge in [0.1, 0.15) is 0 Å². The number of nitrogens with two attached hydrogens (primary N) is 1. The molecule has 1 rings (SSSR count). The smallest absolute Gasteiger partial charge is 0.162 e. The zero-order valence-electron chi connectivity index (χ0n) is 8.14. The molecule has 78 valence electrons. The van der Waals surface area contributed by atoms with Crippen LogP contribution < -0.4 is 16.2 Å². The van der Waals surface area contributed by atoms with Crippen LogP contribution in [0.15, 0.2) is 12.1 Å². The van der Waals surface area contributed by atoms with Crippen molar-refractivity contribution >= 4 is 11.6 Å². The lowest BCUT2D eigenvalue weighted by Crippen LogP contribution is -2.27. The van der Waals surface area contributed by atoms with Crippen LogP contribution in [-0.4, -0.2) is 35.0 Å². The summed E-state index contributed by atoms with van der Waals surface area (Å²) in [4.78, 5) is 1.92. The zero-order chi connectivity index (χ0) is 10.4. The number of likely N-dealkylation sites (N-methyl/N-ethyl adjacent to an activating group) is 1. The molecule has 0 fully saturated rings. The normalized spacial score (nSPS) is 9.93. The minimum Gasteiger partial charge on any atom is -0.395 e. The number of aromatic nitrogens is 2. The summed E-state index contributed by atoms with van der Waals surface area (Å²) in [5.74, 6) is 6.42. The molecule has 1 heterocycles. The van der Waals surface area contributed by atoms with Crippen LogP contribution in [0.5, 0.6) is 0 Å². The van der Waals surface area contributed by atoms with Crippen molar-refractivity contribution in [3.63, 3.8) is 0 Å². The fraction of sp³-hybridized carbons (Fsp3) is 0.500. The van der Waals surface area contributed by atoms with Gasteiger partial charge in [-0.1, -0.05) is 0 Å². The van der Waals surface area contributed by atoms with E-state index in [0.717, 1.165) is 12.4 Å². The Morgan fingerprint density at radius 1 is 1.50 bits per heavy atom. The Hall–Kier alpha value is -1.40. The van der Waals surface area contributed by atoms with Gasteiger partial charge in [-0.25, -0.2) is 5.84 Å². The predicted octanol–water partition coefficient (Wildman–Crippen LogP) is -0.419. The van der Waals surface area contributed by atoms with Crippen molar-refractivity contribution in [2.45, 2.75) is 6.92 Å². The highest BCUT2D eigenvalue weighted by Crippen LogP contribution is 2.09. The monoisotopic (exact) mass is 197 g/mol. The van der Waals surface area contributed by atoms with Gasteiger partial charge >= 0.3 is 0 Å². The number of aliphatic hydroxyl groups is 1. The molecule has 14 heavy (non-hydrogen) atoms. The first-order chi connectivity index (χ1) is 6.81. The number of anilines is 2. The molecular weight excluding hydrogens is 182 g/mol. The molecule has 0 saturated heterocycles. The van der Waals surface area contributed by atoms with Gasteiger partial charge in [-0.2, -0.15) is 0 Å². The van der Waals surface area contributed by atoms with Gasteiger partial charge < -0.3 is 15.4 Å². The Balaban J connectivity index is 2.73. The average molecular weight is 197 g/mol. The van der Waals surface area contributed by atoms with Gasteiger partial charge in [0.15, 0.2) is 11.6 Å². The molecule has 0 aliphatic heterocycles. The number of nitrogen functional groups attached to an aromatic ring is 1. The summed E-state index contributed by atoms with van der Waals surface area (Å²) in [6, 6.07) is 3.55. The van der Waals surface area contributed by atoms with E-state index in [4.69, 9.17) is 10.9 Å². The van der Waals surface area contributed by atoms with Crippen LogP contribution in [0.2, 0.25) is 0 Å². The van der Waals surface area contributed by atoms with E-state index in [1.807, 2.05) is 11.8 Å². The van der Waals surface area contributed by atoms with Gasteiger partial charge in [0.2, 0.25) is 0 Å². The van der Waals surface area contributed by atoms with Crippen LogP contribution >= 0.6 is 0 Å². The summed E-state index contributed by atoms with van der Waals surface area (Å²) in [6.45, 7) is 3.43. The second kappa shape index (κ2) is 5.36. The second-order valence-electron chi connectivity index (χ2n) is 2.72. The van der Waals surface area contributed by atoms with E-state index in [1.54, 1.807) is 12.1 Å². The van der Waals surface area contributed by atoms with Crippen molar-refractivity contribution in [2.24, 2.45) is 5.84 Å². The third-order valence-corrected chi connectivity index (χ3v) is 1.87. The molecule has 0 amide bonds. The van der Waals surface area contributed by atoms with Crippen LogP contribution in [-0.2, 0) is 0 Å². The molecule has 0 atom stereocenters. The second-order valence-corrected chi connectivity index (χ2v) is 2.72. The van der Waals surface area contributed by atoms with Gasteiger partial charge in [0, 0.05) is 13.1 Å². The molecule has 1 aromatic heterocycles. The highest BCUT2D eigenvalue weighted by Gasteiger charge is 2.04. The van der Waals surface area contributed by atoms with E-state index in [2.05, 4.69) is 15.6 Å². The highest BCUT2D eigenvalue weighted by atomic mass is 16.3. The van der Waals surface area contributed by atoms with E-state index in [0.29, 0.717) is 12.4 Å². The van der Waals surface area contributed by atoms with Crippen molar-refractivity contribution in [1.82, 2.24) is 10.2 Å². The number of hydrogen-bond donors (Lipinski definition) is 3. The molecule has 0 aliphatic carbocycles. The first-order valence-corrected chi connectivity index (χ1v) is 4.48. The van der Waals surface area contributed by atoms with E-state index in [-0.39, 0.29) is 6.61 Å². The van der Waals surface area contributed by atoms with Crippen LogP contribution in [0.3, 0.4) is 0 Å². The van der Waals surface area contributed by atoms with Crippen molar-refractivity contribution in [2.75, 3.05) is 30.0 Å². The molecule has 0 saturated carbocycles. The number of aliphatic hydroxyl groups excluding tert-OH is 1. The summed E-state index contributed by atoms with van der Waals surface area (Å²) in [7, 11) is 0. The summed E-state index contributed by atoms with van der Waals surface area (Å²) < 4.78 is 0. The van der Waals surface area contributed by atoms with Crippen molar-refractivity contribution in [1.29, 1.82) is 0 Å². The van der Waals surface area contributed by atoms with Crippen molar-refractivity contribution in [3.05, 3.63) is 12.1 Å². The van der Waals surface area contributed by atoms with Crippen LogP contribution in [0.25, 0.3) is 0 Å². The van der Waals surface area contributed by atoms with E-state index in [1.165, 1.54) is 0 Å². The number of hydrogen-bond acceptors (Lipinski definition) is 6. The van der Waals surface area contributed by atoms with Gasteiger partial charge in [-0.3, -0.25) is 0 Å². The van der Waals surface area contributed by atoms with Gasteiger partial charge in [-0.15, -0.1) is 10.2 Å². The van der Waals surface area contributed by atoms with E-state index in [9.17, 15) is 0 Å². The number of nitrogens with zero attached hydrogens (tertiary/aromatic N) is 3. The minimum absolute atomic E-state index is 0.104. The number of nitrogens with one attached hydrogen (secondary N) is 1. The van der Waals surface area contributed by atoms with E-state index >= 15 is 0 Å². The largest absolute Gasteiger partial charge is 0.395 e. The quantitative estimate of drug-likeness (QED) is 0.439. The first kappa shape index (κ1) is 10.7. The minimum atomic E-state index is 0.104. The number of rotatable bonds is 5. The third-order valence-electron chi connectivity index (χ3n) is 1.87. The van der Waals surface area contributed by atoms with Gasteiger partial charge in [0.25, 0.3) is 0 Å². The molecule has 0 spiro atoms. The van der Waals surface area contributed by atoms with E-state index < -0.39 is 0 Å². The summed E-state index contributed by atoms with van der Waals surface area (Å²) >= 11 is 0. The maximum Gasteiger partial charge on any atom is 0.162 e. The molecular formula is C8H15N5O. The average Bonchev–Trinajstić information content (AvgIpc) is 2.26. The molecule has 0 unspecified atom stereocenters. The fourth-order valence-corrected chi connectivity index (χ4v) is 1.13. The molecule has 0 aromatic carbocycles. The Bertz CT molecular complexity index is 263. The van der Waals surface area contributed by atoms with Crippen LogP contribution in [0.4, 0.5) is 11.6 Å². The predicted molar refractivity (Wildman–Crippen MR) is 54.8 cm³/mol. The van der Waals surface area contributed by atoms with Crippen molar-refractivity contribution in [3.8, 4) is 0 Å². The zero-order valence-corrected chi connectivity index (χ0v) is 8.14. The van der Waals surface area contributed by atoms with Gasteiger partial charge in [0.05, 0.1) is 6.61 Å². The Morgan fingerprint density at radius 3 is 2.71 bits per heavy atom. The first-order valence-electron chi connectivity index (χ1n) is 4.48. The SMILES string of the molecule is CCN(CCO)c1ccc(NN)nn1. The molecule has 1 aromatic rings. The Kier molecular flexibility index (Phi) is 4.09.